The number of hydrogen-bond donors (Lipinski definition) is 0. The van der Waals surface area contributed by atoms with Crippen molar-refractivity contribution in [1.82, 2.24) is 0 Å². The average molecular weight is 391 g/mol. The highest BCUT2D eigenvalue weighted by Gasteiger charge is 2.46. The molecule has 0 unspecified atom stereocenters. The molecule has 0 N–H and O–H groups in total. The Morgan fingerprint density at radius 1 is 0.444 bits per heavy atom. The molecule has 0 aliphatic heterocycles. The molecule has 0 atom stereocenters. The molecule has 108 valence electrons. The number of halogens is 10. The lowest BCUT2D eigenvalue weighted by atomic mass is 9.97. The van der Waals surface area contributed by atoms with E-state index in [1.54, 1.807) is 0 Å². The Bertz CT molecular complexity index is 225. The van der Waals surface area contributed by atoms with Crippen molar-refractivity contribution in [3.05, 3.63) is 12.2 Å². The van der Waals surface area contributed by atoms with E-state index >= 15 is 0 Å². The van der Waals surface area contributed by atoms with Crippen LogP contribution < -0.4 is 0 Å². The topological polar surface area (TPSA) is 0 Å². The molecule has 0 radical (unpaired) electrons. The lowest BCUT2D eigenvalue weighted by Crippen LogP contribution is -2.52. The Balaban J connectivity index is 0.000000411. The van der Waals surface area contributed by atoms with E-state index in [2.05, 4.69) is 0 Å². The van der Waals surface area contributed by atoms with Crippen molar-refractivity contribution in [2.45, 2.75) is 32.3 Å². The van der Waals surface area contributed by atoms with Crippen LogP contribution in [0.3, 0.4) is 0 Å². The zero-order chi connectivity index (χ0) is 14.6. The lowest BCUT2D eigenvalue weighted by Gasteiger charge is -2.37. The van der Waals surface area contributed by atoms with Gasteiger partial charge in [-0.3, -0.25) is 0 Å². The minimum atomic E-state index is -2.91. The van der Waals surface area contributed by atoms with E-state index in [0.717, 1.165) is 0 Å². The number of hydrogen-bond acceptors (Lipinski definition) is 0. The zero-order valence-electron chi connectivity index (χ0n) is 8.24. The lowest BCUT2D eigenvalue weighted by molar-refractivity contribution is 0.308. The summed E-state index contributed by atoms with van der Waals surface area (Å²) in [5.41, 5.74) is 0. The van der Waals surface area contributed by atoms with Crippen molar-refractivity contribution < 1.29 is 17.6 Å². The summed E-state index contributed by atoms with van der Waals surface area (Å²) in [7, 11) is 0. The molecule has 0 aromatic rings. The van der Waals surface area contributed by atoms with Crippen LogP contribution in [-0.2, 0) is 0 Å². The monoisotopic (exact) mass is 388 g/mol. The summed E-state index contributed by atoms with van der Waals surface area (Å²) in [6.07, 6.45) is -5.81. The second-order valence-corrected chi connectivity index (χ2v) is 6.21. The van der Waals surface area contributed by atoms with E-state index in [1.165, 1.54) is 0 Å². The van der Waals surface area contributed by atoms with Crippen LogP contribution >= 0.6 is 69.6 Å². The van der Waals surface area contributed by atoms with Crippen molar-refractivity contribution >= 4 is 69.6 Å². The van der Waals surface area contributed by atoms with Gasteiger partial charge in [0.25, 0.3) is 0 Å². The van der Waals surface area contributed by atoms with Gasteiger partial charge in [-0.05, 0) is 0 Å². The Kier molecular flexibility index (Phi) is 9.04. The van der Waals surface area contributed by atoms with Crippen LogP contribution in [0, 0.1) is 0 Å². The average Bonchev–Trinajstić information content (AvgIpc) is 2.32. The zero-order valence-corrected chi connectivity index (χ0v) is 12.8. The van der Waals surface area contributed by atoms with E-state index in [9.17, 15) is 17.6 Å². The molecule has 18 heavy (non-hydrogen) atoms. The Labute approximate surface area is 131 Å². The van der Waals surface area contributed by atoms with Gasteiger partial charge in [0.1, 0.15) is 0 Å². The van der Waals surface area contributed by atoms with Gasteiger partial charge in [0.05, 0.1) is 32.3 Å². The van der Waals surface area contributed by atoms with Crippen LogP contribution in [0.25, 0.3) is 0 Å². The van der Waals surface area contributed by atoms with E-state index < -0.39 is 44.4 Å². The Hall–Kier alpha value is 1.20. The summed E-state index contributed by atoms with van der Waals surface area (Å²) >= 11 is 35.3. The molecule has 0 saturated heterocycles. The third kappa shape index (κ3) is 5.29. The van der Waals surface area contributed by atoms with Gasteiger partial charge in [-0.2, -0.15) is 17.6 Å². The molecule has 0 bridgehead atoms. The first-order chi connectivity index (χ1) is 8.11. The highest BCUT2D eigenvalue weighted by Crippen LogP contribution is 2.39. The maximum Gasteiger partial charge on any atom is 0.334 e. The number of alkyl halides is 6. The van der Waals surface area contributed by atoms with Crippen LogP contribution in [-0.4, -0.2) is 32.3 Å². The third-order valence-electron chi connectivity index (χ3n) is 1.97. The summed E-state index contributed by atoms with van der Waals surface area (Å²) < 4.78 is 41.1. The van der Waals surface area contributed by atoms with Crippen molar-refractivity contribution in [3.8, 4) is 0 Å². The van der Waals surface area contributed by atoms with Gasteiger partial charge in [-0.15, -0.1) is 69.6 Å². The van der Waals surface area contributed by atoms with E-state index in [-0.39, 0.29) is 0 Å². The minimum absolute atomic E-state index is 0.437. The molecular weight excluding hydrogens is 385 g/mol. The smallest absolute Gasteiger partial charge is 0.167 e. The molecule has 1 saturated carbocycles. The minimum Gasteiger partial charge on any atom is -0.167 e. The van der Waals surface area contributed by atoms with E-state index in [1.807, 2.05) is 0 Å². The summed E-state index contributed by atoms with van der Waals surface area (Å²) in [6, 6.07) is 0. The first-order valence-electron chi connectivity index (χ1n) is 4.32. The Morgan fingerprint density at radius 3 is 0.611 bits per heavy atom. The van der Waals surface area contributed by atoms with Gasteiger partial charge < -0.3 is 0 Å². The fraction of sp³-hybridized carbons (Fsp3) is 0.750. The van der Waals surface area contributed by atoms with E-state index in [4.69, 9.17) is 69.6 Å². The van der Waals surface area contributed by atoms with Crippen LogP contribution in [0.2, 0.25) is 0 Å². The maximum absolute atomic E-state index is 10.3. The molecule has 0 amide bonds. The second-order valence-electron chi connectivity index (χ2n) is 3.19. The van der Waals surface area contributed by atoms with Crippen LogP contribution in [0.5, 0.6) is 0 Å². The van der Waals surface area contributed by atoms with E-state index in [0.29, 0.717) is 0 Å². The largest absolute Gasteiger partial charge is 0.334 e. The molecule has 0 heterocycles. The van der Waals surface area contributed by atoms with Crippen LogP contribution in [0.4, 0.5) is 17.6 Å². The second kappa shape index (κ2) is 8.48. The van der Waals surface area contributed by atoms with Gasteiger partial charge in [-0.1, -0.05) is 0 Å². The molecule has 10 heteroatoms. The molecule has 1 aliphatic carbocycles. The molecule has 0 spiro atoms. The Morgan fingerprint density at radius 2 is 0.556 bits per heavy atom. The van der Waals surface area contributed by atoms with Gasteiger partial charge in [0.2, 0.25) is 0 Å². The summed E-state index contributed by atoms with van der Waals surface area (Å²) in [6.45, 7) is 0. The third-order valence-corrected chi connectivity index (χ3v) is 6.00. The van der Waals surface area contributed by atoms with Gasteiger partial charge in [0.15, 0.2) is 0 Å². The maximum atomic E-state index is 10.3. The van der Waals surface area contributed by atoms with Crippen LogP contribution in [0.15, 0.2) is 12.2 Å². The van der Waals surface area contributed by atoms with Gasteiger partial charge >= 0.3 is 12.2 Å². The molecule has 0 aromatic heterocycles. The molecule has 1 aliphatic rings. The highest BCUT2D eigenvalue weighted by atomic mass is 35.5. The summed E-state index contributed by atoms with van der Waals surface area (Å²) in [5, 5.41) is -2.62. The predicted molar refractivity (Wildman–Crippen MR) is 69.3 cm³/mol. The standard InChI is InChI=1S/C6H6Cl6.C2F4/c7-1-2(8)4(10)6(12)5(11)3(1)9;3-1(4)2(5)6/h1-6H;/t1-,2-,3-,4+,5+,6+;. The normalized spacial score (nSPS) is 39.7. The molecule has 1 rings (SSSR count). The molecule has 0 nitrogen and oxygen atoms in total. The fourth-order valence-corrected chi connectivity index (χ4v) is 3.38. The highest BCUT2D eigenvalue weighted by molar-refractivity contribution is 6.45. The SMILES string of the molecule is Cl[C@H]1[C@H](Cl)[C@@H](Cl)[C@@H](Cl)[C@H](Cl)[C@H]1Cl.FC(F)=C(F)F. The van der Waals surface area contributed by atoms with Crippen molar-refractivity contribution in [3.63, 3.8) is 0 Å². The van der Waals surface area contributed by atoms with Crippen molar-refractivity contribution in [1.29, 1.82) is 0 Å². The molecule has 0 aromatic carbocycles. The van der Waals surface area contributed by atoms with Crippen LogP contribution in [0.1, 0.15) is 0 Å². The fourth-order valence-electron chi connectivity index (χ4n) is 1.05. The summed E-state index contributed by atoms with van der Waals surface area (Å²) in [5.74, 6) is 0. The molecular formula is C8H6Cl6F4. The predicted octanol–water partition coefficient (Wildman–Crippen LogP) is 5.64. The molecule has 1 fully saturated rings. The van der Waals surface area contributed by atoms with Crippen molar-refractivity contribution in [2.75, 3.05) is 0 Å². The first kappa shape index (κ1) is 19.2. The van der Waals surface area contributed by atoms with Gasteiger partial charge in [0, 0.05) is 0 Å². The number of rotatable bonds is 0. The van der Waals surface area contributed by atoms with Crippen molar-refractivity contribution in [2.24, 2.45) is 0 Å². The first-order valence-corrected chi connectivity index (χ1v) is 6.93. The summed E-state index contributed by atoms with van der Waals surface area (Å²) in [4.78, 5) is 0. The van der Waals surface area contributed by atoms with Gasteiger partial charge in [-0.25, -0.2) is 0 Å². The quantitative estimate of drug-likeness (QED) is 0.371.